The van der Waals surface area contributed by atoms with Crippen molar-refractivity contribution >= 4 is 51.1 Å². The van der Waals surface area contributed by atoms with Gasteiger partial charge in [0.15, 0.2) is 28.0 Å². The lowest BCUT2D eigenvalue weighted by molar-refractivity contribution is -0.202. The molecule has 13 heteroatoms. The highest BCUT2D eigenvalue weighted by molar-refractivity contribution is 8.78. The predicted octanol–water partition coefficient (Wildman–Crippen LogP) is 0.229. The second-order valence-electron chi connectivity index (χ2n) is 10.6. The summed E-state index contributed by atoms with van der Waals surface area (Å²) < 4.78 is 17.9. The summed E-state index contributed by atoms with van der Waals surface area (Å²) in [6.45, 7) is 6.94. The van der Waals surface area contributed by atoms with Gasteiger partial charge in [-0.3, -0.25) is 24.0 Å². The summed E-state index contributed by atoms with van der Waals surface area (Å²) in [6.07, 6.45) is -2.24. The van der Waals surface area contributed by atoms with Gasteiger partial charge >= 0.3 is 11.9 Å². The minimum absolute atomic E-state index is 0.123. The fourth-order valence-electron chi connectivity index (χ4n) is 6.50. The molecule has 5 saturated heterocycles. The van der Waals surface area contributed by atoms with Crippen molar-refractivity contribution in [2.45, 2.75) is 86.7 Å². The van der Waals surface area contributed by atoms with E-state index in [0.717, 1.165) is 21.6 Å². The molecule has 2 bridgehead atoms. The number of carbonyl (C=O) groups is 5. The maximum Gasteiger partial charge on any atom is 0.303 e. The molecule has 1 N–H and O–H groups in total. The van der Waals surface area contributed by atoms with E-state index >= 15 is 0 Å². The van der Waals surface area contributed by atoms with Gasteiger partial charge in [0.2, 0.25) is 4.87 Å². The standard InChI is InChI=1S/C22H28N2O9S2/c1-10-18(4,5)14(28)19(32-10)7-13-20(33-12(3)27,15(19)31-11(2)26)8-21-16(29)23(6)22(9-25,35-34-21)17(30)24(13)21/h10,13,15,25H,7-9H2,1-6H3. The number of Topliss-reactive ketones (excluding diaryl/α,β-unsaturated/α-hetero) is 1. The van der Waals surface area contributed by atoms with Crippen LogP contribution in [0.5, 0.6) is 0 Å². The van der Waals surface area contributed by atoms with Crippen LogP contribution < -0.4 is 0 Å². The van der Waals surface area contributed by atoms with Gasteiger partial charge in [-0.15, -0.1) is 0 Å². The van der Waals surface area contributed by atoms with Crippen LogP contribution in [-0.4, -0.2) is 97.3 Å². The summed E-state index contributed by atoms with van der Waals surface area (Å²) in [5.74, 6) is -2.71. The van der Waals surface area contributed by atoms with Gasteiger partial charge in [-0.25, -0.2) is 0 Å². The van der Waals surface area contributed by atoms with Crippen LogP contribution in [0.3, 0.4) is 0 Å². The maximum atomic E-state index is 13.9. The molecule has 0 aromatic carbocycles. The van der Waals surface area contributed by atoms with Crippen molar-refractivity contribution in [2.75, 3.05) is 13.7 Å². The zero-order valence-electron chi connectivity index (χ0n) is 20.3. The molecule has 0 aromatic rings. The normalized spacial score (nSPS) is 45.2. The molecule has 7 atom stereocenters. The smallest absolute Gasteiger partial charge is 0.303 e. The van der Waals surface area contributed by atoms with Gasteiger partial charge in [0.25, 0.3) is 11.8 Å². The first-order chi connectivity index (χ1) is 16.2. The summed E-state index contributed by atoms with van der Waals surface area (Å²) in [6, 6.07) is -0.995. The van der Waals surface area contributed by atoms with Crippen LogP contribution in [0.1, 0.15) is 47.5 Å². The molecular formula is C22H28N2O9S2. The van der Waals surface area contributed by atoms with Crippen molar-refractivity contribution in [3.8, 4) is 0 Å². The topological polar surface area (TPSA) is 140 Å². The molecule has 6 aliphatic rings. The largest absolute Gasteiger partial charge is 0.455 e. The molecular weight excluding hydrogens is 500 g/mol. The number of aliphatic hydroxyl groups excluding tert-OH is 1. The number of rotatable bonds is 3. The maximum absolute atomic E-state index is 13.9. The lowest BCUT2D eigenvalue weighted by Crippen LogP contribution is -2.77. The third-order valence-electron chi connectivity index (χ3n) is 8.40. The van der Waals surface area contributed by atoms with Crippen LogP contribution in [0.2, 0.25) is 0 Å². The highest BCUT2D eigenvalue weighted by Crippen LogP contribution is 2.70. The highest BCUT2D eigenvalue weighted by Gasteiger charge is 2.86. The number of aliphatic hydroxyl groups is 1. The Balaban J connectivity index is 1.74. The molecule has 0 radical (unpaired) electrons. The van der Waals surface area contributed by atoms with Gasteiger partial charge in [0.05, 0.1) is 24.2 Å². The SMILES string of the molecule is CC(=O)OC1C2(CC3N4C(=O)C5(CO)SSC4(CC31OC(C)=O)C(=O)N5C)OC(C)C(C)(C)C2=O. The van der Waals surface area contributed by atoms with Crippen LogP contribution in [0.15, 0.2) is 0 Å². The molecule has 5 aliphatic heterocycles. The number of hydrogen-bond donors (Lipinski definition) is 1. The molecule has 6 rings (SSSR count). The van der Waals surface area contributed by atoms with E-state index in [2.05, 4.69) is 0 Å². The second-order valence-corrected chi connectivity index (χ2v) is 13.3. The van der Waals surface area contributed by atoms with Gasteiger partial charge in [0, 0.05) is 33.7 Å². The van der Waals surface area contributed by atoms with Crippen LogP contribution in [0.4, 0.5) is 0 Å². The van der Waals surface area contributed by atoms with Crippen molar-refractivity contribution in [3.05, 3.63) is 0 Å². The van der Waals surface area contributed by atoms with Crippen LogP contribution >= 0.6 is 21.6 Å². The quantitative estimate of drug-likeness (QED) is 0.398. The Morgan fingerprint density at radius 1 is 1.14 bits per heavy atom. The van der Waals surface area contributed by atoms with Gasteiger partial charge < -0.3 is 29.1 Å². The van der Waals surface area contributed by atoms with Crippen molar-refractivity contribution in [1.82, 2.24) is 9.80 Å². The van der Waals surface area contributed by atoms with E-state index in [0.29, 0.717) is 0 Å². The zero-order valence-corrected chi connectivity index (χ0v) is 21.9. The Labute approximate surface area is 209 Å². The number of ketones is 1. The van der Waals surface area contributed by atoms with E-state index in [1.165, 1.54) is 30.7 Å². The van der Waals surface area contributed by atoms with Gasteiger partial charge in [-0.2, -0.15) is 0 Å². The summed E-state index contributed by atoms with van der Waals surface area (Å²) in [5, 5.41) is 10.2. The lowest BCUT2D eigenvalue weighted by atomic mass is 9.76. The predicted molar refractivity (Wildman–Crippen MR) is 122 cm³/mol. The molecule has 2 spiro atoms. The van der Waals surface area contributed by atoms with E-state index in [1.54, 1.807) is 20.8 Å². The van der Waals surface area contributed by atoms with Crippen molar-refractivity contribution in [2.24, 2.45) is 5.41 Å². The molecule has 35 heavy (non-hydrogen) atoms. The van der Waals surface area contributed by atoms with Crippen LogP contribution in [-0.2, 0) is 38.2 Å². The molecule has 7 unspecified atom stereocenters. The van der Waals surface area contributed by atoms with E-state index in [4.69, 9.17) is 14.2 Å². The third kappa shape index (κ3) is 2.65. The van der Waals surface area contributed by atoms with E-state index < -0.39 is 75.0 Å². The fraction of sp³-hybridized carbons (Fsp3) is 0.773. The highest BCUT2D eigenvalue weighted by atomic mass is 33.1. The number of hydrogen-bond acceptors (Lipinski definition) is 11. The molecule has 1 aliphatic carbocycles. The molecule has 192 valence electrons. The molecule has 5 heterocycles. The lowest BCUT2D eigenvalue weighted by Gasteiger charge is -2.58. The van der Waals surface area contributed by atoms with Crippen molar-refractivity contribution in [1.29, 1.82) is 0 Å². The minimum atomic E-state index is -1.71. The molecule has 6 fully saturated rings. The van der Waals surface area contributed by atoms with Gasteiger partial charge in [0.1, 0.15) is 0 Å². The Kier molecular flexibility index (Phi) is 5.07. The average molecular weight is 529 g/mol. The average Bonchev–Trinajstić information content (AvgIpc) is 3.24. The number of likely N-dealkylation sites (N-methyl/N-ethyl adjacent to an activating group) is 1. The van der Waals surface area contributed by atoms with Gasteiger partial charge in [-0.05, 0) is 17.7 Å². The first-order valence-electron chi connectivity index (χ1n) is 11.4. The summed E-state index contributed by atoms with van der Waals surface area (Å²) in [7, 11) is 3.65. The van der Waals surface area contributed by atoms with Crippen LogP contribution in [0.25, 0.3) is 0 Å². The first-order valence-corrected chi connectivity index (χ1v) is 13.5. The summed E-state index contributed by atoms with van der Waals surface area (Å²) in [4.78, 5) is 65.8. The van der Waals surface area contributed by atoms with E-state index in [1.807, 2.05) is 0 Å². The Morgan fingerprint density at radius 2 is 1.80 bits per heavy atom. The second kappa shape index (κ2) is 7.14. The number of nitrogens with zero attached hydrogens (tertiary/aromatic N) is 2. The molecule has 0 aromatic heterocycles. The molecule has 11 nitrogen and oxygen atoms in total. The monoisotopic (exact) mass is 528 g/mol. The Morgan fingerprint density at radius 3 is 2.31 bits per heavy atom. The van der Waals surface area contributed by atoms with Crippen molar-refractivity contribution < 1.29 is 43.3 Å². The number of ether oxygens (including phenoxy) is 3. The minimum Gasteiger partial charge on any atom is -0.455 e. The molecule has 1 saturated carbocycles. The Bertz CT molecular complexity index is 1080. The summed E-state index contributed by atoms with van der Waals surface area (Å²) >= 11 is 0. The van der Waals surface area contributed by atoms with Gasteiger partial charge in [-0.1, -0.05) is 24.6 Å². The number of carbonyl (C=O) groups excluding carboxylic acids is 5. The van der Waals surface area contributed by atoms with Crippen LogP contribution in [0, 0.1) is 5.41 Å². The van der Waals surface area contributed by atoms with E-state index in [9.17, 15) is 29.1 Å². The summed E-state index contributed by atoms with van der Waals surface area (Å²) in [5.41, 5.74) is -4.32. The Hall–Kier alpha value is -1.83. The van der Waals surface area contributed by atoms with E-state index in [-0.39, 0.29) is 18.6 Å². The van der Waals surface area contributed by atoms with Crippen molar-refractivity contribution in [3.63, 3.8) is 0 Å². The number of piperazine rings is 1. The zero-order chi connectivity index (χ0) is 25.9. The molecule has 2 amide bonds. The number of fused-ring (bicyclic) bond motifs is 3. The number of amides is 2. The third-order valence-corrected chi connectivity index (χ3v) is 12.0. The fourth-order valence-corrected chi connectivity index (χ4v) is 10.1. The first kappa shape index (κ1) is 24.8. The number of esters is 2.